The van der Waals surface area contributed by atoms with Gasteiger partial charge in [0.1, 0.15) is 5.75 Å². The molecule has 5 heteroatoms. The van der Waals surface area contributed by atoms with Gasteiger partial charge in [-0.2, -0.15) is 10.2 Å². The van der Waals surface area contributed by atoms with Crippen molar-refractivity contribution < 1.29 is 14.6 Å². The van der Waals surface area contributed by atoms with Crippen molar-refractivity contribution in [1.82, 2.24) is 0 Å². The highest BCUT2D eigenvalue weighted by Gasteiger charge is 1.99. The van der Waals surface area contributed by atoms with Gasteiger partial charge in [0.15, 0.2) is 0 Å². The van der Waals surface area contributed by atoms with Gasteiger partial charge < -0.3 is 9.84 Å². The number of carbonyl (C=O) groups is 1. The minimum Gasteiger partial charge on any atom is -0.494 e. The van der Waals surface area contributed by atoms with Gasteiger partial charge >= 0.3 is 5.97 Å². The van der Waals surface area contributed by atoms with Gasteiger partial charge in [0, 0.05) is 6.42 Å². The molecule has 2 aromatic rings. The molecule has 0 aromatic heterocycles. The summed E-state index contributed by atoms with van der Waals surface area (Å²) in [6.07, 6.45) is 15.4. The van der Waals surface area contributed by atoms with E-state index >= 15 is 0 Å². The number of carboxylic acid groups (broad SMARTS) is 1. The van der Waals surface area contributed by atoms with Gasteiger partial charge in [0.25, 0.3) is 0 Å². The first-order valence-electron chi connectivity index (χ1n) is 12.6. The normalized spacial score (nSPS) is 11.2. The van der Waals surface area contributed by atoms with Gasteiger partial charge in [-0.25, -0.2) is 0 Å². The second kappa shape index (κ2) is 16.9. The number of rotatable bonds is 18. The molecule has 0 saturated carbocycles. The monoisotopic (exact) mass is 452 g/mol. The molecule has 0 heterocycles. The summed E-state index contributed by atoms with van der Waals surface area (Å²) in [6, 6.07) is 15.7. The lowest BCUT2D eigenvalue weighted by Gasteiger charge is -2.05. The van der Waals surface area contributed by atoms with E-state index in [4.69, 9.17) is 9.84 Å². The van der Waals surface area contributed by atoms with Crippen LogP contribution in [0.2, 0.25) is 0 Å². The third-order valence-electron chi connectivity index (χ3n) is 5.68. The fourth-order valence-electron chi connectivity index (χ4n) is 3.68. The average molecular weight is 453 g/mol. The zero-order valence-corrected chi connectivity index (χ0v) is 20.2. The Hall–Kier alpha value is -2.69. The van der Waals surface area contributed by atoms with Crippen LogP contribution in [-0.4, -0.2) is 17.7 Å². The molecule has 180 valence electrons. The zero-order valence-electron chi connectivity index (χ0n) is 20.2. The van der Waals surface area contributed by atoms with Crippen LogP contribution in [0.15, 0.2) is 58.8 Å². The summed E-state index contributed by atoms with van der Waals surface area (Å²) in [4.78, 5) is 10.5. The van der Waals surface area contributed by atoms with Gasteiger partial charge in [-0.3, -0.25) is 4.79 Å². The van der Waals surface area contributed by atoms with Crippen LogP contribution in [0, 0.1) is 0 Å². The number of hydrogen-bond donors (Lipinski definition) is 1. The summed E-state index contributed by atoms with van der Waals surface area (Å²) in [5.74, 6) is -0.100. The molecule has 0 atom stereocenters. The first-order chi connectivity index (χ1) is 16.2. The van der Waals surface area contributed by atoms with Crippen LogP contribution >= 0.6 is 0 Å². The van der Waals surface area contributed by atoms with Crippen molar-refractivity contribution in [1.29, 1.82) is 0 Å². The van der Waals surface area contributed by atoms with E-state index < -0.39 is 5.97 Å². The molecule has 0 bridgehead atoms. The second-order valence-corrected chi connectivity index (χ2v) is 8.64. The van der Waals surface area contributed by atoms with Crippen molar-refractivity contribution in [2.75, 3.05) is 6.61 Å². The van der Waals surface area contributed by atoms with Crippen LogP contribution < -0.4 is 4.74 Å². The lowest BCUT2D eigenvalue weighted by atomic mass is 10.0. The van der Waals surface area contributed by atoms with E-state index in [0.717, 1.165) is 17.8 Å². The number of unbranched alkanes of at least 4 members (excludes halogenated alkanes) is 9. The largest absolute Gasteiger partial charge is 0.494 e. The summed E-state index contributed by atoms with van der Waals surface area (Å²) in [7, 11) is 0. The molecule has 0 fully saturated rings. The van der Waals surface area contributed by atoms with E-state index in [1.165, 1.54) is 69.8 Å². The molecule has 0 amide bonds. The van der Waals surface area contributed by atoms with Crippen molar-refractivity contribution >= 4 is 17.3 Å². The van der Waals surface area contributed by atoms with E-state index in [1.807, 2.05) is 36.4 Å². The SMILES string of the molecule is CCCCCCCCCCCCc1ccc(N=Nc2ccc(OCCCC(=O)O)cc2)cc1. The van der Waals surface area contributed by atoms with Gasteiger partial charge in [-0.1, -0.05) is 76.8 Å². The van der Waals surface area contributed by atoms with Crippen molar-refractivity contribution in [3.8, 4) is 5.75 Å². The van der Waals surface area contributed by atoms with Gasteiger partial charge in [0.2, 0.25) is 0 Å². The number of aliphatic carboxylic acids is 1. The molecule has 0 aliphatic carbocycles. The Morgan fingerprint density at radius 2 is 1.24 bits per heavy atom. The molecule has 5 nitrogen and oxygen atoms in total. The number of carboxylic acids is 1. The maximum absolute atomic E-state index is 10.5. The fourth-order valence-corrected chi connectivity index (χ4v) is 3.68. The summed E-state index contributed by atoms with van der Waals surface area (Å²) in [6.45, 7) is 2.66. The van der Waals surface area contributed by atoms with E-state index in [1.54, 1.807) is 0 Å². The van der Waals surface area contributed by atoms with E-state index in [9.17, 15) is 4.79 Å². The highest BCUT2D eigenvalue weighted by molar-refractivity contribution is 5.66. The average Bonchev–Trinajstić information content (AvgIpc) is 2.83. The van der Waals surface area contributed by atoms with Crippen LogP contribution in [0.5, 0.6) is 5.75 Å². The van der Waals surface area contributed by atoms with Crippen LogP contribution in [0.3, 0.4) is 0 Å². The van der Waals surface area contributed by atoms with Crippen molar-refractivity contribution in [3.05, 3.63) is 54.1 Å². The quantitative estimate of drug-likeness (QED) is 0.181. The molecule has 0 aliphatic heterocycles. The summed E-state index contributed by atoms with van der Waals surface area (Å²) < 4.78 is 5.53. The lowest BCUT2D eigenvalue weighted by Crippen LogP contribution is -2.01. The molecule has 0 unspecified atom stereocenters. The highest BCUT2D eigenvalue weighted by Crippen LogP contribution is 2.22. The van der Waals surface area contributed by atoms with Gasteiger partial charge in [-0.05, 0) is 61.2 Å². The van der Waals surface area contributed by atoms with Gasteiger partial charge in [-0.15, -0.1) is 0 Å². The predicted octanol–water partition coefficient (Wildman–Crippen LogP) is 8.81. The molecular weight excluding hydrogens is 412 g/mol. The number of hydrogen-bond acceptors (Lipinski definition) is 4. The van der Waals surface area contributed by atoms with Crippen molar-refractivity contribution in [2.24, 2.45) is 10.2 Å². The zero-order chi connectivity index (χ0) is 23.6. The Kier molecular flexibility index (Phi) is 13.6. The predicted molar refractivity (Wildman–Crippen MR) is 135 cm³/mol. The summed E-state index contributed by atoms with van der Waals surface area (Å²) >= 11 is 0. The number of nitrogens with zero attached hydrogens (tertiary/aromatic N) is 2. The third kappa shape index (κ3) is 12.8. The first kappa shape index (κ1) is 26.6. The Labute approximate surface area is 199 Å². The molecular formula is C28H40N2O3. The third-order valence-corrected chi connectivity index (χ3v) is 5.68. The molecule has 0 aliphatic rings. The standard InChI is InChI=1S/C28H40N2O3/c1-2-3-4-5-6-7-8-9-10-11-13-24-15-17-25(18-16-24)29-30-26-19-21-27(22-20-26)33-23-12-14-28(31)32/h15-22H,2-14,23H2,1H3,(H,31,32). The molecule has 0 saturated heterocycles. The molecule has 1 N–H and O–H groups in total. The van der Waals surface area contributed by atoms with E-state index in [2.05, 4.69) is 29.3 Å². The number of ether oxygens (including phenoxy) is 1. The molecule has 33 heavy (non-hydrogen) atoms. The number of aryl methyl sites for hydroxylation is 1. The Morgan fingerprint density at radius 3 is 1.79 bits per heavy atom. The van der Waals surface area contributed by atoms with Crippen LogP contribution in [0.25, 0.3) is 0 Å². The van der Waals surface area contributed by atoms with Gasteiger partial charge in [0.05, 0.1) is 18.0 Å². The van der Waals surface area contributed by atoms with Crippen molar-refractivity contribution in [2.45, 2.75) is 90.4 Å². The summed E-state index contributed by atoms with van der Waals surface area (Å²) in [5.41, 5.74) is 2.95. The summed E-state index contributed by atoms with van der Waals surface area (Å²) in [5, 5.41) is 17.2. The maximum atomic E-state index is 10.5. The van der Waals surface area contributed by atoms with Crippen LogP contribution in [0.1, 0.15) is 89.5 Å². The molecule has 0 spiro atoms. The minimum absolute atomic E-state index is 0.115. The fraction of sp³-hybridized carbons (Fsp3) is 0.536. The topological polar surface area (TPSA) is 71.2 Å². The van der Waals surface area contributed by atoms with Crippen molar-refractivity contribution in [3.63, 3.8) is 0 Å². The molecule has 2 aromatic carbocycles. The Morgan fingerprint density at radius 1 is 0.727 bits per heavy atom. The smallest absolute Gasteiger partial charge is 0.303 e. The number of azo groups is 1. The van der Waals surface area contributed by atoms with E-state index in [-0.39, 0.29) is 6.42 Å². The maximum Gasteiger partial charge on any atom is 0.303 e. The first-order valence-corrected chi connectivity index (χ1v) is 12.6. The molecule has 2 rings (SSSR count). The second-order valence-electron chi connectivity index (χ2n) is 8.64. The van der Waals surface area contributed by atoms with E-state index in [0.29, 0.717) is 18.8 Å². The van der Waals surface area contributed by atoms with Crippen LogP contribution in [-0.2, 0) is 11.2 Å². The minimum atomic E-state index is -0.804. The highest BCUT2D eigenvalue weighted by atomic mass is 16.5. The number of benzene rings is 2. The Bertz CT molecular complexity index is 801. The Balaban J connectivity index is 1.61. The molecule has 0 radical (unpaired) electrons. The lowest BCUT2D eigenvalue weighted by molar-refractivity contribution is -0.137. The van der Waals surface area contributed by atoms with Crippen LogP contribution in [0.4, 0.5) is 11.4 Å².